The van der Waals surface area contributed by atoms with Gasteiger partial charge in [0, 0.05) is 10.6 Å². The lowest BCUT2D eigenvalue weighted by Crippen LogP contribution is -1.94. The van der Waals surface area contributed by atoms with Crippen LogP contribution in [0, 0.1) is 0 Å². The zero-order chi connectivity index (χ0) is 8.39. The van der Waals surface area contributed by atoms with Crippen LogP contribution in [-0.4, -0.2) is 6.61 Å². The van der Waals surface area contributed by atoms with E-state index in [9.17, 15) is 0 Å². The monoisotopic (exact) mass is 180 g/mol. The normalized spacial score (nSPS) is 14.8. The predicted octanol–water partition coefficient (Wildman–Crippen LogP) is 3.14. The molecule has 1 aromatic rings. The Morgan fingerprint density at radius 2 is 2.25 bits per heavy atom. The highest BCUT2D eigenvalue weighted by Crippen LogP contribution is 2.25. The predicted molar refractivity (Wildman–Crippen MR) is 50.6 cm³/mol. The first-order valence-corrected chi connectivity index (χ1v) is 4.33. The Bertz CT molecular complexity index is 318. The standard InChI is InChI=1S/C10H9ClO/c11-9-4-5-10-8(7-9)3-1-2-6-12-10/h1,3-5,7H,2,6H2. The van der Waals surface area contributed by atoms with Crippen LogP contribution in [0.2, 0.25) is 5.02 Å². The summed E-state index contributed by atoms with van der Waals surface area (Å²) in [5, 5.41) is 0.754. The molecular formula is C10H9ClO. The Kier molecular flexibility index (Phi) is 2.05. The second kappa shape index (κ2) is 3.20. The van der Waals surface area contributed by atoms with E-state index in [-0.39, 0.29) is 0 Å². The van der Waals surface area contributed by atoms with Crippen LogP contribution in [0.3, 0.4) is 0 Å². The molecule has 0 N–H and O–H groups in total. The summed E-state index contributed by atoms with van der Waals surface area (Å²) in [6.07, 6.45) is 5.11. The topological polar surface area (TPSA) is 9.23 Å². The van der Waals surface area contributed by atoms with Crippen molar-refractivity contribution in [2.24, 2.45) is 0 Å². The molecule has 0 saturated carbocycles. The van der Waals surface area contributed by atoms with Crippen molar-refractivity contribution >= 4 is 17.7 Å². The second-order valence-corrected chi connectivity index (χ2v) is 3.16. The van der Waals surface area contributed by atoms with Crippen molar-refractivity contribution in [3.8, 4) is 5.75 Å². The average molecular weight is 181 g/mol. The summed E-state index contributed by atoms with van der Waals surface area (Å²) in [5.74, 6) is 0.924. The number of hydrogen-bond donors (Lipinski definition) is 0. The SMILES string of the molecule is Clc1ccc2c(c1)C=CCCO2. The highest BCUT2D eigenvalue weighted by molar-refractivity contribution is 6.30. The van der Waals surface area contributed by atoms with Crippen molar-refractivity contribution in [3.05, 3.63) is 34.9 Å². The van der Waals surface area contributed by atoms with Crippen molar-refractivity contribution in [2.45, 2.75) is 6.42 Å². The number of rotatable bonds is 0. The lowest BCUT2D eigenvalue weighted by Gasteiger charge is -2.05. The fourth-order valence-electron chi connectivity index (χ4n) is 1.23. The molecule has 1 aliphatic rings. The van der Waals surface area contributed by atoms with Crippen molar-refractivity contribution in [3.63, 3.8) is 0 Å². The van der Waals surface area contributed by atoms with E-state index in [0.717, 1.165) is 29.4 Å². The first-order valence-electron chi connectivity index (χ1n) is 3.95. The molecule has 0 aliphatic carbocycles. The Morgan fingerprint density at radius 1 is 1.33 bits per heavy atom. The molecule has 1 aromatic carbocycles. The molecule has 2 heteroatoms. The van der Waals surface area contributed by atoms with Crippen LogP contribution in [0.4, 0.5) is 0 Å². The van der Waals surface area contributed by atoms with Gasteiger partial charge in [0.05, 0.1) is 6.61 Å². The van der Waals surface area contributed by atoms with Crippen LogP contribution < -0.4 is 4.74 Å². The number of fused-ring (bicyclic) bond motifs is 1. The lowest BCUT2D eigenvalue weighted by atomic mass is 10.2. The van der Waals surface area contributed by atoms with Gasteiger partial charge >= 0.3 is 0 Å². The maximum absolute atomic E-state index is 5.84. The summed E-state index contributed by atoms with van der Waals surface area (Å²) in [4.78, 5) is 0. The van der Waals surface area contributed by atoms with E-state index in [1.807, 2.05) is 24.3 Å². The minimum absolute atomic E-state index is 0.754. The third kappa shape index (κ3) is 1.46. The maximum Gasteiger partial charge on any atom is 0.126 e. The van der Waals surface area contributed by atoms with Crippen LogP contribution in [0.1, 0.15) is 12.0 Å². The highest BCUT2D eigenvalue weighted by atomic mass is 35.5. The van der Waals surface area contributed by atoms with Gasteiger partial charge in [0.15, 0.2) is 0 Å². The van der Waals surface area contributed by atoms with Gasteiger partial charge in [-0.15, -0.1) is 0 Å². The van der Waals surface area contributed by atoms with E-state index < -0.39 is 0 Å². The Labute approximate surface area is 76.6 Å². The van der Waals surface area contributed by atoms with Crippen molar-refractivity contribution < 1.29 is 4.74 Å². The van der Waals surface area contributed by atoms with Crippen molar-refractivity contribution in [1.29, 1.82) is 0 Å². The number of hydrogen-bond acceptors (Lipinski definition) is 1. The molecule has 0 saturated heterocycles. The summed E-state index contributed by atoms with van der Waals surface area (Å²) < 4.78 is 5.48. The first kappa shape index (κ1) is 7.69. The summed E-state index contributed by atoms with van der Waals surface area (Å²) in [5.41, 5.74) is 1.07. The Balaban J connectivity index is 2.47. The minimum atomic E-state index is 0.754. The van der Waals surface area contributed by atoms with E-state index >= 15 is 0 Å². The van der Waals surface area contributed by atoms with Gasteiger partial charge in [0.1, 0.15) is 5.75 Å². The summed E-state index contributed by atoms with van der Waals surface area (Å²) in [7, 11) is 0. The van der Waals surface area contributed by atoms with Gasteiger partial charge < -0.3 is 4.74 Å². The van der Waals surface area contributed by atoms with Crippen molar-refractivity contribution in [2.75, 3.05) is 6.61 Å². The Hall–Kier alpha value is -0.950. The first-order chi connectivity index (χ1) is 5.86. The fraction of sp³-hybridized carbons (Fsp3) is 0.200. The summed E-state index contributed by atoms with van der Waals surface area (Å²) >= 11 is 5.84. The minimum Gasteiger partial charge on any atom is -0.493 e. The molecule has 0 unspecified atom stereocenters. The fourth-order valence-corrected chi connectivity index (χ4v) is 1.41. The number of halogens is 1. The van der Waals surface area contributed by atoms with E-state index in [4.69, 9.17) is 16.3 Å². The van der Waals surface area contributed by atoms with Crippen molar-refractivity contribution in [1.82, 2.24) is 0 Å². The molecule has 1 nitrogen and oxygen atoms in total. The highest BCUT2D eigenvalue weighted by Gasteiger charge is 2.03. The van der Waals surface area contributed by atoms with Gasteiger partial charge in [-0.25, -0.2) is 0 Å². The third-order valence-electron chi connectivity index (χ3n) is 1.81. The van der Waals surface area contributed by atoms with Crippen LogP contribution >= 0.6 is 11.6 Å². The van der Waals surface area contributed by atoms with Gasteiger partial charge in [-0.2, -0.15) is 0 Å². The van der Waals surface area contributed by atoms with E-state index in [2.05, 4.69) is 6.08 Å². The molecule has 0 fully saturated rings. The Morgan fingerprint density at radius 3 is 3.17 bits per heavy atom. The zero-order valence-corrected chi connectivity index (χ0v) is 7.34. The molecule has 12 heavy (non-hydrogen) atoms. The smallest absolute Gasteiger partial charge is 0.126 e. The third-order valence-corrected chi connectivity index (χ3v) is 2.05. The molecule has 1 heterocycles. The molecule has 1 aliphatic heterocycles. The quantitative estimate of drug-likeness (QED) is 0.596. The zero-order valence-electron chi connectivity index (χ0n) is 6.59. The average Bonchev–Trinajstić information content (AvgIpc) is 2.28. The van der Waals surface area contributed by atoms with Gasteiger partial charge in [-0.1, -0.05) is 23.8 Å². The van der Waals surface area contributed by atoms with Gasteiger partial charge in [0.2, 0.25) is 0 Å². The van der Waals surface area contributed by atoms with Crippen LogP contribution in [0.5, 0.6) is 5.75 Å². The maximum atomic E-state index is 5.84. The molecular weight excluding hydrogens is 172 g/mol. The molecule has 62 valence electrons. The summed E-state index contributed by atoms with van der Waals surface area (Å²) in [6.45, 7) is 0.755. The number of ether oxygens (including phenoxy) is 1. The van der Waals surface area contributed by atoms with Crippen LogP contribution in [0.15, 0.2) is 24.3 Å². The molecule has 0 spiro atoms. The van der Waals surface area contributed by atoms with E-state index in [1.165, 1.54) is 0 Å². The molecule has 0 bridgehead atoms. The van der Waals surface area contributed by atoms with E-state index in [1.54, 1.807) is 0 Å². The number of benzene rings is 1. The molecule has 0 amide bonds. The van der Waals surface area contributed by atoms with Gasteiger partial charge in [-0.3, -0.25) is 0 Å². The van der Waals surface area contributed by atoms with Crippen LogP contribution in [0.25, 0.3) is 6.08 Å². The van der Waals surface area contributed by atoms with Crippen LogP contribution in [-0.2, 0) is 0 Å². The largest absolute Gasteiger partial charge is 0.493 e. The second-order valence-electron chi connectivity index (χ2n) is 2.72. The van der Waals surface area contributed by atoms with Gasteiger partial charge in [0.25, 0.3) is 0 Å². The molecule has 2 rings (SSSR count). The van der Waals surface area contributed by atoms with Gasteiger partial charge in [-0.05, 0) is 24.6 Å². The van der Waals surface area contributed by atoms with E-state index in [0.29, 0.717) is 0 Å². The lowest BCUT2D eigenvalue weighted by molar-refractivity contribution is 0.326. The molecule has 0 aromatic heterocycles. The molecule has 0 radical (unpaired) electrons. The molecule has 0 atom stereocenters. The summed E-state index contributed by atoms with van der Waals surface area (Å²) in [6, 6.07) is 5.67.